The molecule has 1 saturated heterocycles. The van der Waals surface area contributed by atoms with Crippen molar-refractivity contribution < 1.29 is 24.1 Å². The van der Waals surface area contributed by atoms with Crippen molar-refractivity contribution in [3.8, 4) is 0 Å². The van der Waals surface area contributed by atoms with E-state index in [0.717, 1.165) is 25.7 Å². The van der Waals surface area contributed by atoms with Gasteiger partial charge < -0.3 is 41.3 Å². The Labute approximate surface area is 214 Å². The third kappa shape index (κ3) is 14.3. The van der Waals surface area contributed by atoms with Crippen LogP contribution >= 0.6 is 0 Å². The first kappa shape index (κ1) is 32.7. The van der Waals surface area contributed by atoms with E-state index in [4.69, 9.17) is 36.1 Å². The fourth-order valence-electron chi connectivity index (χ4n) is 4.51. The lowest BCUT2D eigenvalue weighted by Gasteiger charge is -2.44. The van der Waals surface area contributed by atoms with E-state index in [1.807, 2.05) is 0 Å². The molecular formula is C27H57N3O5. The van der Waals surface area contributed by atoms with Crippen molar-refractivity contribution in [2.75, 3.05) is 32.9 Å². The first-order valence-corrected chi connectivity index (χ1v) is 14.4. The van der Waals surface area contributed by atoms with Crippen LogP contribution in [0.15, 0.2) is 0 Å². The largest absolute Gasteiger partial charge is 0.389 e. The monoisotopic (exact) mass is 503 g/mol. The second kappa shape index (κ2) is 21.7. The van der Waals surface area contributed by atoms with Crippen molar-refractivity contribution >= 4 is 0 Å². The Kier molecular flexibility index (Phi) is 20.3. The number of nitrogens with two attached hydrogens (primary N) is 3. The standard InChI is InChI=1S/C27H57N3O5/c1-3-5-7-9-11-13-15-17-32-25-23(20-29)35-27(34-21-22(31)19-28)24(30)26(25)33-18-16-14-12-10-8-6-4-2/h22-27,31H,3-21,28-30H2,1-2H3/t22-,23+,24+,25+,26+,27-/m0/s1. The minimum atomic E-state index is -0.763. The topological polar surface area (TPSA) is 135 Å². The summed E-state index contributed by atoms with van der Waals surface area (Å²) in [5, 5.41) is 9.80. The molecule has 1 fully saturated rings. The summed E-state index contributed by atoms with van der Waals surface area (Å²) in [6.45, 7) is 6.19. The van der Waals surface area contributed by atoms with Crippen molar-refractivity contribution in [3.05, 3.63) is 0 Å². The second-order valence-electron chi connectivity index (χ2n) is 9.99. The molecule has 0 bridgehead atoms. The average molecular weight is 504 g/mol. The van der Waals surface area contributed by atoms with E-state index >= 15 is 0 Å². The highest BCUT2D eigenvalue weighted by Gasteiger charge is 2.46. The summed E-state index contributed by atoms with van der Waals surface area (Å²) in [6, 6.07) is -0.536. The SMILES string of the molecule is CCCCCCCCCO[C@@H]1[C@@H](N)[C@@H](OC[C@@H](O)CN)O[C@H](CN)[C@H]1OCCCCCCCCC. The molecule has 210 valence electrons. The lowest BCUT2D eigenvalue weighted by molar-refractivity contribution is -0.276. The van der Waals surface area contributed by atoms with Gasteiger partial charge in [0.25, 0.3) is 0 Å². The summed E-state index contributed by atoms with van der Waals surface area (Å²) in [4.78, 5) is 0. The summed E-state index contributed by atoms with van der Waals surface area (Å²) in [6.07, 6.45) is 14.5. The minimum absolute atomic E-state index is 0.0557. The van der Waals surface area contributed by atoms with Crippen LogP contribution in [0.4, 0.5) is 0 Å². The molecule has 35 heavy (non-hydrogen) atoms. The van der Waals surface area contributed by atoms with Gasteiger partial charge in [0.2, 0.25) is 0 Å². The molecule has 8 heteroatoms. The number of rotatable bonds is 23. The van der Waals surface area contributed by atoms with Gasteiger partial charge in [0.1, 0.15) is 18.3 Å². The van der Waals surface area contributed by atoms with Gasteiger partial charge in [-0.3, -0.25) is 0 Å². The molecular weight excluding hydrogens is 446 g/mol. The van der Waals surface area contributed by atoms with Crippen molar-refractivity contribution in [2.45, 2.75) is 140 Å². The molecule has 0 radical (unpaired) electrons. The van der Waals surface area contributed by atoms with Crippen molar-refractivity contribution in [2.24, 2.45) is 17.2 Å². The van der Waals surface area contributed by atoms with Crippen LogP contribution in [0.25, 0.3) is 0 Å². The van der Waals surface area contributed by atoms with E-state index in [1.54, 1.807) is 0 Å². The zero-order valence-electron chi connectivity index (χ0n) is 22.7. The number of hydrogen-bond donors (Lipinski definition) is 4. The Bertz CT molecular complexity index is 474. The zero-order valence-corrected chi connectivity index (χ0v) is 22.7. The molecule has 0 spiro atoms. The van der Waals surface area contributed by atoms with Crippen LogP contribution in [0.1, 0.15) is 104 Å². The van der Waals surface area contributed by atoms with Crippen molar-refractivity contribution in [1.29, 1.82) is 0 Å². The lowest BCUT2D eigenvalue weighted by Crippen LogP contribution is -2.65. The number of aliphatic hydroxyl groups is 1. The molecule has 1 rings (SSSR count). The fraction of sp³-hybridized carbons (Fsp3) is 1.00. The van der Waals surface area contributed by atoms with Crippen molar-refractivity contribution in [3.63, 3.8) is 0 Å². The van der Waals surface area contributed by atoms with E-state index in [0.29, 0.717) is 13.2 Å². The third-order valence-corrected chi connectivity index (χ3v) is 6.77. The summed E-state index contributed by atoms with van der Waals surface area (Å²) in [5.74, 6) is 0. The smallest absolute Gasteiger partial charge is 0.175 e. The van der Waals surface area contributed by atoms with Crippen LogP contribution in [0, 0.1) is 0 Å². The van der Waals surface area contributed by atoms with Gasteiger partial charge in [0.05, 0.1) is 18.8 Å². The van der Waals surface area contributed by atoms with Crippen molar-refractivity contribution in [1.82, 2.24) is 0 Å². The third-order valence-electron chi connectivity index (χ3n) is 6.77. The Hall–Kier alpha value is -0.320. The molecule has 1 heterocycles. The van der Waals surface area contributed by atoms with Crippen LogP contribution in [-0.4, -0.2) is 74.8 Å². The predicted octanol–water partition coefficient (Wildman–Crippen LogP) is 3.61. The normalized spacial score (nSPS) is 25.7. The highest BCUT2D eigenvalue weighted by Crippen LogP contribution is 2.26. The molecule has 6 atom stereocenters. The molecule has 0 unspecified atom stereocenters. The van der Waals surface area contributed by atoms with E-state index in [9.17, 15) is 5.11 Å². The van der Waals surface area contributed by atoms with Gasteiger partial charge in [0.15, 0.2) is 6.29 Å². The summed E-state index contributed by atoms with van der Waals surface area (Å²) in [5.41, 5.74) is 18.1. The van der Waals surface area contributed by atoms with Crippen LogP contribution < -0.4 is 17.2 Å². The molecule has 7 N–H and O–H groups in total. The zero-order chi connectivity index (χ0) is 25.7. The lowest BCUT2D eigenvalue weighted by atomic mass is 9.96. The molecule has 0 aromatic rings. The highest BCUT2D eigenvalue weighted by atomic mass is 16.7. The Morgan fingerprint density at radius 3 is 1.69 bits per heavy atom. The maximum atomic E-state index is 9.80. The number of aliphatic hydroxyl groups excluding tert-OH is 1. The van der Waals surface area contributed by atoms with Gasteiger partial charge in [-0.05, 0) is 12.8 Å². The molecule has 0 aliphatic carbocycles. The van der Waals surface area contributed by atoms with Gasteiger partial charge in [0, 0.05) is 26.3 Å². The molecule has 0 saturated carbocycles. The van der Waals surface area contributed by atoms with Crippen LogP contribution in [0.3, 0.4) is 0 Å². The Morgan fingerprint density at radius 2 is 1.20 bits per heavy atom. The van der Waals surface area contributed by atoms with Gasteiger partial charge in [-0.2, -0.15) is 0 Å². The molecule has 8 nitrogen and oxygen atoms in total. The fourth-order valence-corrected chi connectivity index (χ4v) is 4.51. The molecule has 0 amide bonds. The maximum absolute atomic E-state index is 9.80. The minimum Gasteiger partial charge on any atom is -0.389 e. The van der Waals surface area contributed by atoms with Gasteiger partial charge in [-0.1, -0.05) is 90.9 Å². The second-order valence-corrected chi connectivity index (χ2v) is 9.99. The van der Waals surface area contributed by atoms with Gasteiger partial charge in [-0.25, -0.2) is 0 Å². The van der Waals surface area contributed by atoms with Crippen LogP contribution in [0.5, 0.6) is 0 Å². The number of unbranched alkanes of at least 4 members (excludes halogenated alkanes) is 12. The van der Waals surface area contributed by atoms with E-state index in [2.05, 4.69) is 13.8 Å². The molecule has 1 aliphatic rings. The average Bonchev–Trinajstić information content (AvgIpc) is 2.87. The number of ether oxygens (including phenoxy) is 4. The van der Waals surface area contributed by atoms with E-state index in [1.165, 1.54) is 64.2 Å². The van der Waals surface area contributed by atoms with Gasteiger partial charge in [-0.15, -0.1) is 0 Å². The maximum Gasteiger partial charge on any atom is 0.175 e. The Morgan fingerprint density at radius 1 is 0.714 bits per heavy atom. The number of hydrogen-bond acceptors (Lipinski definition) is 8. The predicted molar refractivity (Wildman–Crippen MR) is 142 cm³/mol. The summed E-state index contributed by atoms with van der Waals surface area (Å²) >= 11 is 0. The molecule has 0 aromatic carbocycles. The summed E-state index contributed by atoms with van der Waals surface area (Å²) in [7, 11) is 0. The van der Waals surface area contributed by atoms with Crippen LogP contribution in [0.2, 0.25) is 0 Å². The quantitative estimate of drug-likeness (QED) is 0.155. The van der Waals surface area contributed by atoms with Gasteiger partial charge >= 0.3 is 0 Å². The molecule has 1 aliphatic heterocycles. The first-order valence-electron chi connectivity index (χ1n) is 14.4. The Balaban J connectivity index is 2.58. The van der Waals surface area contributed by atoms with E-state index < -0.39 is 18.4 Å². The molecule has 0 aromatic heterocycles. The highest BCUT2D eigenvalue weighted by molar-refractivity contribution is 4.94. The first-order chi connectivity index (χ1) is 17.1. The van der Waals surface area contributed by atoms with Crippen LogP contribution in [-0.2, 0) is 18.9 Å². The summed E-state index contributed by atoms with van der Waals surface area (Å²) < 4.78 is 24.4. The van der Waals surface area contributed by atoms with E-state index in [-0.39, 0.29) is 38.0 Å².